The highest BCUT2D eigenvalue weighted by atomic mass is 35.5. The minimum atomic E-state index is -0.266. The fourth-order valence-electron chi connectivity index (χ4n) is 1.39. The van der Waals surface area contributed by atoms with E-state index < -0.39 is 0 Å². The minimum absolute atomic E-state index is 0.101. The fraction of sp³-hybridized carbons (Fsp3) is 0.462. The number of nitrogens with one attached hydrogen (secondary N) is 2. The van der Waals surface area contributed by atoms with Crippen LogP contribution in [0.2, 0.25) is 5.02 Å². The Bertz CT molecular complexity index is 371. The Kier molecular flexibility index (Phi) is 7.77. The summed E-state index contributed by atoms with van der Waals surface area (Å²) in [5.41, 5.74) is 0. The molecule has 106 valence electrons. The lowest BCUT2D eigenvalue weighted by atomic mass is 10.2. The monoisotopic (exact) mass is 286 g/mol. The van der Waals surface area contributed by atoms with E-state index in [9.17, 15) is 4.79 Å². The number of aliphatic hydroxyl groups is 1. The van der Waals surface area contributed by atoms with Crippen LogP contribution >= 0.6 is 11.6 Å². The quantitative estimate of drug-likeness (QED) is 0.506. The molecule has 1 aromatic rings. The average molecular weight is 287 g/mol. The van der Waals surface area contributed by atoms with Crippen LogP contribution in [0, 0.1) is 0 Å². The number of carbonyl (C=O) groups is 1. The molecule has 0 heterocycles. The standard InChI is InChI=1S/C13H19ClN2O3/c14-11-4-6-12(7-5-11)19-10-16-13(18)15-8-2-1-3-9-17/h4-7,17H,1-3,8-10H2,(H2,15,16,18). The van der Waals surface area contributed by atoms with Gasteiger partial charge in [0, 0.05) is 18.2 Å². The molecule has 3 N–H and O–H groups in total. The van der Waals surface area contributed by atoms with Crippen LogP contribution in [0.4, 0.5) is 4.79 Å². The zero-order valence-corrected chi connectivity index (χ0v) is 11.4. The molecule has 0 aliphatic rings. The van der Waals surface area contributed by atoms with Crippen LogP contribution in [-0.4, -0.2) is 31.0 Å². The van der Waals surface area contributed by atoms with E-state index in [4.69, 9.17) is 21.4 Å². The Morgan fingerprint density at radius 2 is 1.89 bits per heavy atom. The number of halogens is 1. The van der Waals surface area contributed by atoms with Gasteiger partial charge in [-0.15, -0.1) is 0 Å². The molecule has 0 aromatic heterocycles. The third-order valence-corrected chi connectivity index (χ3v) is 2.66. The summed E-state index contributed by atoms with van der Waals surface area (Å²) in [4.78, 5) is 11.3. The van der Waals surface area contributed by atoms with E-state index in [0.29, 0.717) is 17.3 Å². The van der Waals surface area contributed by atoms with E-state index >= 15 is 0 Å². The molecular weight excluding hydrogens is 268 g/mol. The summed E-state index contributed by atoms with van der Waals surface area (Å²) >= 11 is 5.74. The molecule has 0 spiro atoms. The number of amides is 2. The predicted molar refractivity (Wildman–Crippen MR) is 74.4 cm³/mol. The SMILES string of the molecule is O=C(NCCCCCO)NCOc1ccc(Cl)cc1. The van der Waals surface area contributed by atoms with Crippen LogP contribution in [0.15, 0.2) is 24.3 Å². The van der Waals surface area contributed by atoms with Gasteiger partial charge in [-0.2, -0.15) is 0 Å². The van der Waals surface area contributed by atoms with Crippen LogP contribution in [0.5, 0.6) is 5.75 Å². The molecule has 6 heteroatoms. The highest BCUT2D eigenvalue weighted by Gasteiger charge is 1.99. The van der Waals surface area contributed by atoms with Gasteiger partial charge in [0.05, 0.1) is 0 Å². The predicted octanol–water partition coefficient (Wildman–Crippen LogP) is 2.14. The summed E-state index contributed by atoms with van der Waals surface area (Å²) in [5, 5.41) is 14.5. The summed E-state index contributed by atoms with van der Waals surface area (Å²) in [5.74, 6) is 0.646. The highest BCUT2D eigenvalue weighted by molar-refractivity contribution is 6.30. The maximum absolute atomic E-state index is 11.3. The molecule has 0 fully saturated rings. The van der Waals surface area contributed by atoms with Crippen molar-refractivity contribution >= 4 is 17.6 Å². The van der Waals surface area contributed by atoms with E-state index in [1.54, 1.807) is 24.3 Å². The summed E-state index contributed by atoms with van der Waals surface area (Å²) < 4.78 is 5.31. The van der Waals surface area contributed by atoms with Crippen molar-refractivity contribution in [2.45, 2.75) is 19.3 Å². The molecule has 0 saturated carbocycles. The Labute approximate surface area is 117 Å². The second kappa shape index (κ2) is 9.47. The highest BCUT2D eigenvalue weighted by Crippen LogP contribution is 2.14. The average Bonchev–Trinajstić information content (AvgIpc) is 2.41. The number of ether oxygens (including phenoxy) is 1. The fourth-order valence-corrected chi connectivity index (χ4v) is 1.52. The van der Waals surface area contributed by atoms with Gasteiger partial charge in [0.15, 0.2) is 6.73 Å². The molecule has 0 radical (unpaired) electrons. The molecule has 2 amide bonds. The first-order valence-corrected chi connectivity index (χ1v) is 6.61. The van der Waals surface area contributed by atoms with Crippen molar-refractivity contribution in [3.63, 3.8) is 0 Å². The van der Waals surface area contributed by atoms with E-state index in [0.717, 1.165) is 19.3 Å². The molecule has 0 saturated heterocycles. The zero-order chi connectivity index (χ0) is 13.9. The third-order valence-electron chi connectivity index (χ3n) is 2.41. The van der Waals surface area contributed by atoms with Crippen molar-refractivity contribution in [2.75, 3.05) is 19.9 Å². The number of carbonyl (C=O) groups excluding carboxylic acids is 1. The molecule has 0 bridgehead atoms. The number of benzene rings is 1. The van der Waals surface area contributed by atoms with E-state index in [2.05, 4.69) is 10.6 Å². The number of urea groups is 1. The molecule has 0 unspecified atom stereocenters. The third kappa shape index (κ3) is 7.54. The number of rotatable bonds is 8. The lowest BCUT2D eigenvalue weighted by Gasteiger charge is -2.09. The van der Waals surface area contributed by atoms with Crippen molar-refractivity contribution in [1.82, 2.24) is 10.6 Å². The van der Waals surface area contributed by atoms with E-state index in [1.807, 2.05) is 0 Å². The van der Waals surface area contributed by atoms with E-state index in [1.165, 1.54) is 0 Å². The molecule has 1 aromatic carbocycles. The summed E-state index contributed by atoms with van der Waals surface area (Å²) in [6.45, 7) is 0.887. The second-order valence-corrected chi connectivity index (χ2v) is 4.40. The van der Waals surface area contributed by atoms with E-state index in [-0.39, 0.29) is 19.4 Å². The van der Waals surface area contributed by atoms with Crippen molar-refractivity contribution < 1.29 is 14.6 Å². The first kappa shape index (κ1) is 15.6. The van der Waals surface area contributed by atoms with Gasteiger partial charge in [-0.3, -0.25) is 0 Å². The Hall–Kier alpha value is -1.46. The Balaban J connectivity index is 2.05. The topological polar surface area (TPSA) is 70.6 Å². The van der Waals surface area contributed by atoms with Crippen molar-refractivity contribution in [3.8, 4) is 5.75 Å². The van der Waals surface area contributed by atoms with Crippen molar-refractivity contribution in [3.05, 3.63) is 29.3 Å². The summed E-state index contributed by atoms with van der Waals surface area (Å²) in [6.07, 6.45) is 2.52. The molecule has 0 atom stereocenters. The number of unbranched alkanes of at least 4 members (excludes halogenated alkanes) is 2. The van der Waals surface area contributed by atoms with Crippen molar-refractivity contribution in [2.24, 2.45) is 0 Å². The van der Waals surface area contributed by atoms with Gasteiger partial charge in [-0.25, -0.2) is 4.79 Å². The largest absolute Gasteiger partial charge is 0.473 e. The van der Waals surface area contributed by atoms with Gasteiger partial charge < -0.3 is 20.5 Å². The van der Waals surface area contributed by atoms with Crippen LogP contribution in [0.25, 0.3) is 0 Å². The Morgan fingerprint density at radius 3 is 2.58 bits per heavy atom. The smallest absolute Gasteiger partial charge is 0.317 e. The van der Waals surface area contributed by atoms with Crippen LogP contribution in [0.1, 0.15) is 19.3 Å². The van der Waals surface area contributed by atoms with Crippen LogP contribution in [0.3, 0.4) is 0 Å². The van der Waals surface area contributed by atoms with Gasteiger partial charge in [-0.1, -0.05) is 11.6 Å². The lowest BCUT2D eigenvalue weighted by molar-refractivity contribution is 0.223. The first-order valence-electron chi connectivity index (χ1n) is 6.23. The van der Waals surface area contributed by atoms with Gasteiger partial charge in [0.1, 0.15) is 5.75 Å². The first-order chi connectivity index (χ1) is 9.22. The van der Waals surface area contributed by atoms with Crippen LogP contribution in [-0.2, 0) is 0 Å². The maximum atomic E-state index is 11.3. The molecule has 19 heavy (non-hydrogen) atoms. The summed E-state index contributed by atoms with van der Waals surface area (Å²) in [7, 11) is 0. The lowest BCUT2D eigenvalue weighted by Crippen LogP contribution is -2.38. The Morgan fingerprint density at radius 1 is 1.16 bits per heavy atom. The molecule has 0 aliphatic heterocycles. The molecule has 5 nitrogen and oxygen atoms in total. The van der Waals surface area contributed by atoms with Crippen molar-refractivity contribution in [1.29, 1.82) is 0 Å². The number of hydrogen-bond acceptors (Lipinski definition) is 3. The second-order valence-electron chi connectivity index (χ2n) is 3.96. The molecule has 1 rings (SSSR count). The number of aliphatic hydroxyl groups excluding tert-OH is 1. The summed E-state index contributed by atoms with van der Waals surface area (Å²) in [6, 6.07) is 6.64. The zero-order valence-electron chi connectivity index (χ0n) is 10.7. The van der Waals surface area contributed by atoms with Gasteiger partial charge in [-0.05, 0) is 43.5 Å². The molecular formula is C13H19ClN2O3. The number of hydrogen-bond donors (Lipinski definition) is 3. The van der Waals surface area contributed by atoms with Gasteiger partial charge in [0.2, 0.25) is 0 Å². The van der Waals surface area contributed by atoms with Gasteiger partial charge >= 0.3 is 6.03 Å². The van der Waals surface area contributed by atoms with Crippen LogP contribution < -0.4 is 15.4 Å². The minimum Gasteiger partial charge on any atom is -0.473 e. The van der Waals surface area contributed by atoms with Gasteiger partial charge in [0.25, 0.3) is 0 Å². The molecule has 0 aliphatic carbocycles. The normalized spacial score (nSPS) is 10.0. The maximum Gasteiger partial charge on any atom is 0.317 e.